The fraction of sp³-hybridized carbons (Fsp3) is 0.455. The van der Waals surface area contributed by atoms with Crippen LogP contribution in [-0.2, 0) is 4.79 Å². The number of hydrogen-bond acceptors (Lipinski definition) is 5. The summed E-state index contributed by atoms with van der Waals surface area (Å²) in [4.78, 5) is 38.9. The van der Waals surface area contributed by atoms with Crippen molar-refractivity contribution < 1.29 is 14.3 Å². The van der Waals surface area contributed by atoms with Crippen LogP contribution in [0.15, 0.2) is 11.1 Å². The molecule has 110 valence electrons. The second-order valence-electron chi connectivity index (χ2n) is 3.81. The van der Waals surface area contributed by atoms with Gasteiger partial charge in [-0.2, -0.15) is 0 Å². The molecule has 0 saturated heterocycles. The molecule has 0 spiro atoms. The van der Waals surface area contributed by atoms with Gasteiger partial charge in [0, 0.05) is 6.54 Å². The maximum Gasteiger partial charge on any atom is 0.321 e. The third kappa shape index (κ3) is 3.47. The molecule has 0 fully saturated rings. The Kier molecular flexibility index (Phi) is 5.51. The molecule has 1 heterocycles. The first-order valence-electron chi connectivity index (χ1n) is 5.81. The quantitative estimate of drug-likeness (QED) is 0.779. The highest BCUT2D eigenvalue weighted by molar-refractivity contribution is 6.30. The van der Waals surface area contributed by atoms with Crippen molar-refractivity contribution in [1.82, 2.24) is 20.2 Å². The zero-order valence-electron chi connectivity index (χ0n) is 11.3. The fourth-order valence-electron chi connectivity index (χ4n) is 1.42. The van der Waals surface area contributed by atoms with E-state index in [1.807, 2.05) is 0 Å². The van der Waals surface area contributed by atoms with Crippen LogP contribution >= 0.6 is 11.6 Å². The summed E-state index contributed by atoms with van der Waals surface area (Å²) in [5.41, 5.74) is -0.606. The predicted octanol–water partition coefficient (Wildman–Crippen LogP) is 0.312. The molecule has 0 radical (unpaired) electrons. The van der Waals surface area contributed by atoms with Crippen molar-refractivity contribution >= 4 is 23.5 Å². The third-order valence-corrected chi connectivity index (χ3v) is 2.76. The highest BCUT2D eigenvalue weighted by Crippen LogP contribution is 2.16. The van der Waals surface area contributed by atoms with Crippen LogP contribution in [0.5, 0.6) is 5.75 Å². The maximum atomic E-state index is 12.0. The molecule has 1 atom stereocenters. The van der Waals surface area contributed by atoms with Crippen molar-refractivity contribution in [2.75, 3.05) is 13.7 Å². The lowest BCUT2D eigenvalue weighted by Gasteiger charge is -2.15. The van der Waals surface area contributed by atoms with E-state index in [0.717, 1.165) is 10.9 Å². The number of rotatable bonds is 4. The smallest absolute Gasteiger partial charge is 0.321 e. The molecule has 1 unspecified atom stereocenters. The van der Waals surface area contributed by atoms with E-state index < -0.39 is 23.5 Å². The van der Waals surface area contributed by atoms with Crippen molar-refractivity contribution in [3.05, 3.63) is 21.8 Å². The Morgan fingerprint density at radius 1 is 1.55 bits per heavy atom. The number of nitrogens with zero attached hydrogens (tertiary/aromatic N) is 2. The second-order valence-corrected chi connectivity index (χ2v) is 4.16. The van der Waals surface area contributed by atoms with Gasteiger partial charge in [0.2, 0.25) is 5.75 Å². The Morgan fingerprint density at radius 3 is 2.75 bits per heavy atom. The molecule has 1 aromatic heterocycles. The molecule has 0 aliphatic carbocycles. The lowest BCUT2D eigenvalue weighted by atomic mass is 10.3. The van der Waals surface area contributed by atoms with E-state index >= 15 is 0 Å². The highest BCUT2D eigenvalue weighted by Gasteiger charge is 2.21. The molecule has 20 heavy (non-hydrogen) atoms. The van der Waals surface area contributed by atoms with Crippen LogP contribution in [0.3, 0.4) is 0 Å². The van der Waals surface area contributed by atoms with Gasteiger partial charge in [0.25, 0.3) is 11.5 Å². The van der Waals surface area contributed by atoms with Crippen LogP contribution in [0.2, 0.25) is 5.15 Å². The summed E-state index contributed by atoms with van der Waals surface area (Å²) < 4.78 is 5.85. The largest absolute Gasteiger partial charge is 0.489 e. The van der Waals surface area contributed by atoms with Crippen molar-refractivity contribution in [1.29, 1.82) is 0 Å². The number of ether oxygens (including phenoxy) is 1. The molecule has 0 aliphatic heterocycles. The van der Waals surface area contributed by atoms with E-state index in [0.29, 0.717) is 6.54 Å². The summed E-state index contributed by atoms with van der Waals surface area (Å²) in [6, 6.07) is -1.57. The Labute approximate surface area is 120 Å². The molecule has 1 aromatic rings. The molecule has 0 aliphatic rings. The number of aromatic nitrogens is 2. The molecular weight excluding hydrogens is 288 g/mol. The maximum absolute atomic E-state index is 12.0. The van der Waals surface area contributed by atoms with Gasteiger partial charge in [0.1, 0.15) is 12.4 Å². The minimum absolute atomic E-state index is 0.0925. The van der Waals surface area contributed by atoms with Gasteiger partial charge >= 0.3 is 6.03 Å². The van der Waals surface area contributed by atoms with Gasteiger partial charge in [0.15, 0.2) is 5.15 Å². The van der Waals surface area contributed by atoms with Crippen LogP contribution in [0.25, 0.3) is 0 Å². The minimum atomic E-state index is -0.941. The number of carbonyl (C=O) groups excluding carboxylic acids is 2. The molecular formula is C11H15ClN4O4. The van der Waals surface area contributed by atoms with Crippen LogP contribution in [0.1, 0.15) is 19.9 Å². The van der Waals surface area contributed by atoms with Gasteiger partial charge in [-0.05, 0) is 13.8 Å². The Hall–Kier alpha value is -2.09. The average molecular weight is 303 g/mol. The topological polar surface area (TPSA) is 102 Å². The number of hydrogen-bond donors (Lipinski definition) is 2. The zero-order valence-corrected chi connectivity index (χ0v) is 12.0. The minimum Gasteiger partial charge on any atom is -0.489 e. The average Bonchev–Trinajstić information content (AvgIpc) is 2.38. The number of imide groups is 1. The standard InChI is InChI=1S/C11H15ClN4O4/c1-4-13-11(19)15-9(17)6(2)16-5-14-8(12)7(20-3)10(16)18/h5-6H,4H2,1-3H3,(H2,13,15,17,19). The fourth-order valence-corrected chi connectivity index (χ4v) is 1.63. The van der Waals surface area contributed by atoms with Crippen molar-refractivity contribution in [3.8, 4) is 5.75 Å². The van der Waals surface area contributed by atoms with Crippen LogP contribution in [-0.4, -0.2) is 35.1 Å². The number of nitrogens with one attached hydrogen (secondary N) is 2. The van der Waals surface area contributed by atoms with Crippen LogP contribution in [0, 0.1) is 0 Å². The monoisotopic (exact) mass is 302 g/mol. The van der Waals surface area contributed by atoms with E-state index in [2.05, 4.69) is 15.6 Å². The Morgan fingerprint density at radius 2 is 2.20 bits per heavy atom. The number of carbonyl (C=O) groups is 2. The van der Waals surface area contributed by atoms with E-state index in [1.54, 1.807) is 6.92 Å². The third-order valence-electron chi connectivity index (χ3n) is 2.49. The van der Waals surface area contributed by atoms with E-state index in [-0.39, 0.29) is 10.9 Å². The van der Waals surface area contributed by atoms with Gasteiger partial charge in [-0.15, -0.1) is 0 Å². The Balaban J connectivity index is 2.98. The summed E-state index contributed by atoms with van der Waals surface area (Å²) in [5.74, 6) is -0.809. The van der Waals surface area contributed by atoms with Gasteiger partial charge in [0.05, 0.1) is 7.11 Å². The van der Waals surface area contributed by atoms with Gasteiger partial charge < -0.3 is 10.1 Å². The zero-order chi connectivity index (χ0) is 15.3. The van der Waals surface area contributed by atoms with Crippen molar-refractivity contribution in [3.63, 3.8) is 0 Å². The molecule has 8 nitrogen and oxygen atoms in total. The van der Waals surface area contributed by atoms with Gasteiger partial charge in [-0.1, -0.05) is 11.6 Å². The molecule has 0 aromatic carbocycles. The number of urea groups is 1. The highest BCUT2D eigenvalue weighted by atomic mass is 35.5. The van der Waals surface area contributed by atoms with Gasteiger partial charge in [-0.25, -0.2) is 9.78 Å². The summed E-state index contributed by atoms with van der Waals surface area (Å²) >= 11 is 5.70. The summed E-state index contributed by atoms with van der Waals surface area (Å²) in [6.45, 7) is 3.54. The SMILES string of the molecule is CCNC(=O)NC(=O)C(C)n1cnc(Cl)c(OC)c1=O. The first kappa shape index (κ1) is 16.0. The second kappa shape index (κ2) is 6.90. The number of halogens is 1. The predicted molar refractivity (Wildman–Crippen MR) is 72.0 cm³/mol. The lowest BCUT2D eigenvalue weighted by molar-refractivity contribution is -0.122. The Bertz CT molecular complexity index is 572. The van der Waals surface area contributed by atoms with E-state index in [4.69, 9.17) is 16.3 Å². The van der Waals surface area contributed by atoms with E-state index in [1.165, 1.54) is 14.0 Å². The first-order valence-corrected chi connectivity index (χ1v) is 6.19. The molecule has 3 amide bonds. The normalized spacial score (nSPS) is 11.6. The molecule has 1 rings (SSSR count). The summed E-state index contributed by atoms with van der Waals surface area (Å²) in [5, 5.41) is 4.42. The van der Waals surface area contributed by atoms with E-state index in [9.17, 15) is 14.4 Å². The van der Waals surface area contributed by atoms with Gasteiger partial charge in [-0.3, -0.25) is 19.5 Å². The van der Waals surface area contributed by atoms with Crippen LogP contribution in [0.4, 0.5) is 4.79 Å². The first-order chi connectivity index (χ1) is 9.42. The number of amides is 3. The summed E-state index contributed by atoms with van der Waals surface area (Å²) in [7, 11) is 1.27. The van der Waals surface area contributed by atoms with Crippen molar-refractivity contribution in [2.24, 2.45) is 0 Å². The van der Waals surface area contributed by atoms with Crippen molar-refractivity contribution in [2.45, 2.75) is 19.9 Å². The lowest BCUT2D eigenvalue weighted by Crippen LogP contribution is -2.43. The summed E-state index contributed by atoms with van der Waals surface area (Å²) in [6.07, 6.45) is 1.12. The molecule has 0 saturated carbocycles. The number of methoxy groups -OCH3 is 1. The molecule has 2 N–H and O–H groups in total. The van der Waals surface area contributed by atoms with Crippen LogP contribution < -0.4 is 20.9 Å². The molecule has 9 heteroatoms. The molecule has 0 bridgehead atoms.